The number of alkyl carbamates (subject to hydrolysis) is 1. The quantitative estimate of drug-likeness (QED) is 0.704. The Labute approximate surface area is 164 Å². The van der Waals surface area contributed by atoms with Gasteiger partial charge in [0.05, 0.1) is 12.1 Å². The van der Waals surface area contributed by atoms with E-state index in [0.29, 0.717) is 17.2 Å². The zero-order valence-electron chi connectivity index (χ0n) is 16.3. The van der Waals surface area contributed by atoms with Crippen LogP contribution in [0.4, 0.5) is 4.79 Å². The fourth-order valence-corrected chi connectivity index (χ4v) is 2.82. The minimum absolute atomic E-state index is 0.0392. The van der Waals surface area contributed by atoms with Gasteiger partial charge in [-0.2, -0.15) is 0 Å². The maximum atomic E-state index is 12.5. The van der Waals surface area contributed by atoms with E-state index >= 15 is 0 Å². The number of carbonyl (C=O) groups excluding carboxylic acids is 2. The summed E-state index contributed by atoms with van der Waals surface area (Å²) in [4.78, 5) is 24.4. The zero-order chi connectivity index (χ0) is 20.1. The molecule has 0 saturated heterocycles. The molecule has 0 aliphatic carbocycles. The van der Waals surface area contributed by atoms with Gasteiger partial charge in [0.1, 0.15) is 17.4 Å². The van der Waals surface area contributed by atoms with Gasteiger partial charge >= 0.3 is 6.09 Å². The van der Waals surface area contributed by atoms with Crippen LogP contribution in [-0.2, 0) is 9.53 Å². The van der Waals surface area contributed by atoms with Gasteiger partial charge in [0.15, 0.2) is 0 Å². The Hall–Kier alpha value is -2.05. The first-order chi connectivity index (χ1) is 12.7. The van der Waals surface area contributed by atoms with Crippen molar-refractivity contribution in [1.82, 2.24) is 10.6 Å². The predicted octanol–water partition coefficient (Wildman–Crippen LogP) is 4.81. The van der Waals surface area contributed by atoms with E-state index in [1.807, 2.05) is 45.9 Å². The van der Waals surface area contributed by atoms with Crippen LogP contribution in [0.3, 0.4) is 0 Å². The van der Waals surface area contributed by atoms with Crippen LogP contribution in [0.5, 0.6) is 0 Å². The molecule has 27 heavy (non-hydrogen) atoms. The highest BCUT2D eigenvalue weighted by molar-refractivity contribution is 6.31. The number of carbonyl (C=O) groups is 2. The number of imide groups is 1. The van der Waals surface area contributed by atoms with E-state index in [9.17, 15) is 9.59 Å². The molecule has 2 unspecified atom stereocenters. The molecule has 148 valence electrons. The highest BCUT2D eigenvalue weighted by Gasteiger charge is 2.27. The summed E-state index contributed by atoms with van der Waals surface area (Å²) >= 11 is 6.02. The van der Waals surface area contributed by atoms with Crippen molar-refractivity contribution in [3.8, 4) is 0 Å². The van der Waals surface area contributed by atoms with Crippen LogP contribution in [0.1, 0.15) is 52.8 Å². The topological polar surface area (TPSA) is 80.6 Å². The van der Waals surface area contributed by atoms with Crippen molar-refractivity contribution >= 4 is 34.6 Å². The standard InChI is InChI=1S/C20H27ClN2O4/c1-6-12(4)26-20(25)23-19(24)18(11(2)3)22-13(5)17-10-14-9-15(21)7-8-16(14)27-17/h7-13,18,22H,6H2,1-5H3,(H,23,24,25)/t12?,13?,18-/m0/s1. The zero-order valence-corrected chi connectivity index (χ0v) is 17.1. The van der Waals surface area contributed by atoms with E-state index < -0.39 is 18.0 Å². The Morgan fingerprint density at radius 3 is 2.52 bits per heavy atom. The minimum atomic E-state index is -0.729. The first-order valence-corrected chi connectivity index (χ1v) is 9.55. The highest BCUT2D eigenvalue weighted by atomic mass is 35.5. The summed E-state index contributed by atoms with van der Waals surface area (Å²) in [5, 5.41) is 7.07. The largest absolute Gasteiger partial charge is 0.459 e. The van der Waals surface area contributed by atoms with Crippen molar-refractivity contribution in [2.24, 2.45) is 5.92 Å². The normalized spacial score (nSPS) is 14.8. The molecule has 6 nitrogen and oxygen atoms in total. The Balaban J connectivity index is 2.07. The number of benzene rings is 1. The molecule has 1 aromatic heterocycles. The summed E-state index contributed by atoms with van der Waals surface area (Å²) in [5.74, 6) is 0.222. The lowest BCUT2D eigenvalue weighted by molar-refractivity contribution is -0.123. The molecule has 2 aromatic rings. The molecule has 2 rings (SSSR count). The van der Waals surface area contributed by atoms with Gasteiger partial charge in [-0.3, -0.25) is 15.4 Å². The second kappa shape index (κ2) is 9.24. The fraction of sp³-hybridized carbons (Fsp3) is 0.500. The van der Waals surface area contributed by atoms with Crippen molar-refractivity contribution in [2.45, 2.75) is 59.2 Å². The SMILES string of the molecule is CCC(C)OC(=O)NC(=O)[C@@H](NC(C)c1cc2cc(Cl)ccc2o1)C(C)C. The molecule has 0 spiro atoms. The monoisotopic (exact) mass is 394 g/mol. The number of fused-ring (bicyclic) bond motifs is 1. The van der Waals surface area contributed by atoms with Crippen LogP contribution >= 0.6 is 11.6 Å². The van der Waals surface area contributed by atoms with Crippen LogP contribution in [-0.4, -0.2) is 24.1 Å². The number of hydrogen-bond acceptors (Lipinski definition) is 5. The van der Waals surface area contributed by atoms with E-state index in [0.717, 1.165) is 11.0 Å². The third kappa shape index (κ3) is 5.71. The van der Waals surface area contributed by atoms with Gasteiger partial charge in [-0.05, 0) is 50.5 Å². The number of rotatable bonds is 7. The van der Waals surface area contributed by atoms with Gasteiger partial charge in [-0.25, -0.2) is 4.79 Å². The van der Waals surface area contributed by atoms with Gasteiger partial charge in [-0.15, -0.1) is 0 Å². The number of furan rings is 1. The predicted molar refractivity (Wildman–Crippen MR) is 106 cm³/mol. The molecule has 0 aliphatic rings. The van der Waals surface area contributed by atoms with Crippen molar-refractivity contribution < 1.29 is 18.7 Å². The maximum absolute atomic E-state index is 12.5. The summed E-state index contributed by atoms with van der Waals surface area (Å²) in [6.07, 6.45) is -0.294. The fourth-order valence-electron chi connectivity index (χ4n) is 2.64. The number of halogens is 1. The Bertz CT molecular complexity index is 802. The number of hydrogen-bond donors (Lipinski definition) is 2. The van der Waals surface area contributed by atoms with Gasteiger partial charge < -0.3 is 9.15 Å². The summed E-state index contributed by atoms with van der Waals surface area (Å²) in [5.41, 5.74) is 0.728. The van der Waals surface area contributed by atoms with Crippen molar-refractivity contribution in [3.05, 3.63) is 35.0 Å². The molecule has 3 atom stereocenters. The van der Waals surface area contributed by atoms with E-state index in [-0.39, 0.29) is 18.1 Å². The minimum Gasteiger partial charge on any atom is -0.459 e. The molecule has 0 fully saturated rings. The van der Waals surface area contributed by atoms with E-state index in [1.165, 1.54) is 0 Å². The molecular weight excluding hydrogens is 368 g/mol. The molecule has 0 saturated carbocycles. The van der Waals surface area contributed by atoms with Gasteiger partial charge in [-0.1, -0.05) is 32.4 Å². The van der Waals surface area contributed by atoms with E-state index in [4.69, 9.17) is 20.8 Å². The van der Waals surface area contributed by atoms with Gasteiger partial charge in [0, 0.05) is 10.4 Å². The molecule has 0 aliphatic heterocycles. The van der Waals surface area contributed by atoms with Crippen LogP contribution in [0.2, 0.25) is 5.02 Å². The lowest BCUT2D eigenvalue weighted by atomic mass is 10.0. The molecule has 2 N–H and O–H groups in total. The third-order valence-corrected chi connectivity index (χ3v) is 4.65. The Morgan fingerprint density at radius 1 is 1.19 bits per heavy atom. The lowest BCUT2D eigenvalue weighted by Gasteiger charge is -2.24. The van der Waals surface area contributed by atoms with Crippen LogP contribution in [0.15, 0.2) is 28.7 Å². The first-order valence-electron chi connectivity index (χ1n) is 9.17. The summed E-state index contributed by atoms with van der Waals surface area (Å²) in [7, 11) is 0. The second-order valence-corrected chi connectivity index (χ2v) is 7.49. The molecule has 0 radical (unpaired) electrons. The molecule has 1 aromatic carbocycles. The van der Waals surface area contributed by atoms with Crippen molar-refractivity contribution in [3.63, 3.8) is 0 Å². The summed E-state index contributed by atoms with van der Waals surface area (Å²) in [6.45, 7) is 9.39. The third-order valence-electron chi connectivity index (χ3n) is 4.41. The molecule has 0 bridgehead atoms. The summed E-state index contributed by atoms with van der Waals surface area (Å²) in [6, 6.07) is 6.48. The van der Waals surface area contributed by atoms with Crippen LogP contribution in [0.25, 0.3) is 11.0 Å². The first kappa shape index (κ1) is 21.3. The molecule has 1 heterocycles. The second-order valence-electron chi connectivity index (χ2n) is 7.05. The van der Waals surface area contributed by atoms with Gasteiger partial charge in [0.2, 0.25) is 5.91 Å². The molecule has 2 amide bonds. The average molecular weight is 395 g/mol. The molecular formula is C20H27ClN2O4. The smallest absolute Gasteiger partial charge is 0.414 e. The van der Waals surface area contributed by atoms with Crippen LogP contribution in [0, 0.1) is 5.92 Å². The van der Waals surface area contributed by atoms with Crippen LogP contribution < -0.4 is 10.6 Å². The van der Waals surface area contributed by atoms with E-state index in [1.54, 1.807) is 13.0 Å². The summed E-state index contributed by atoms with van der Waals surface area (Å²) < 4.78 is 11.0. The van der Waals surface area contributed by atoms with Crippen molar-refractivity contribution in [1.29, 1.82) is 0 Å². The number of amides is 2. The Kier molecular flexibility index (Phi) is 7.27. The highest BCUT2D eigenvalue weighted by Crippen LogP contribution is 2.27. The Morgan fingerprint density at radius 2 is 1.89 bits per heavy atom. The maximum Gasteiger partial charge on any atom is 0.414 e. The van der Waals surface area contributed by atoms with Crippen molar-refractivity contribution in [2.75, 3.05) is 0 Å². The van der Waals surface area contributed by atoms with E-state index in [2.05, 4.69) is 10.6 Å². The lowest BCUT2D eigenvalue weighted by Crippen LogP contribution is -2.50. The number of ether oxygens (including phenoxy) is 1. The molecule has 7 heteroatoms. The average Bonchev–Trinajstić information content (AvgIpc) is 3.01. The number of nitrogens with one attached hydrogen (secondary N) is 2. The van der Waals surface area contributed by atoms with Gasteiger partial charge in [0.25, 0.3) is 0 Å².